The molecule has 1 atom stereocenters. The summed E-state index contributed by atoms with van der Waals surface area (Å²) >= 11 is 11.5. The number of alkyl halides is 3. The van der Waals surface area contributed by atoms with Crippen LogP contribution in [0.1, 0.15) is 29.3 Å². The molecule has 1 N–H and O–H groups in total. The van der Waals surface area contributed by atoms with E-state index >= 15 is 0 Å². The highest BCUT2D eigenvalue weighted by Gasteiger charge is 2.44. The minimum absolute atomic E-state index is 0.0210. The van der Waals surface area contributed by atoms with Crippen LogP contribution in [0.15, 0.2) is 72.8 Å². The fourth-order valence-corrected chi connectivity index (χ4v) is 4.64. The molecular formula is C28H23ClF3N3O5S. The fraction of sp³-hybridized carbons (Fsp3) is 0.214. The molecule has 1 saturated heterocycles. The first-order valence-corrected chi connectivity index (χ1v) is 13.1. The van der Waals surface area contributed by atoms with Crippen LogP contribution < -0.4 is 15.0 Å². The second kappa shape index (κ2) is 12.6. The Balaban J connectivity index is 1.58. The van der Waals surface area contributed by atoms with Crippen LogP contribution in [0, 0.1) is 0 Å². The molecular weight excluding hydrogens is 583 g/mol. The van der Waals surface area contributed by atoms with E-state index in [1.165, 1.54) is 46.2 Å². The van der Waals surface area contributed by atoms with Gasteiger partial charge in [-0.05, 0) is 85.4 Å². The zero-order valence-electron chi connectivity index (χ0n) is 21.5. The van der Waals surface area contributed by atoms with E-state index in [-0.39, 0.29) is 30.2 Å². The number of thiocarbonyl (C=S) groups is 1. The number of hydrogen-bond acceptors (Lipinski definition) is 6. The van der Waals surface area contributed by atoms with E-state index in [1.54, 1.807) is 31.2 Å². The number of carbonyl (C=O) groups is 3. The van der Waals surface area contributed by atoms with E-state index in [2.05, 4.69) is 10.1 Å². The van der Waals surface area contributed by atoms with Crippen LogP contribution in [0.5, 0.6) is 5.75 Å². The molecule has 4 rings (SSSR count). The summed E-state index contributed by atoms with van der Waals surface area (Å²) in [6.45, 7) is 1.91. The predicted molar refractivity (Wildman–Crippen MR) is 150 cm³/mol. The quantitative estimate of drug-likeness (QED) is 0.238. The highest BCUT2D eigenvalue weighted by atomic mass is 35.5. The molecule has 1 fully saturated rings. The molecule has 3 aromatic carbocycles. The van der Waals surface area contributed by atoms with Gasteiger partial charge in [0.15, 0.2) is 5.11 Å². The van der Waals surface area contributed by atoms with Crippen LogP contribution >= 0.6 is 23.8 Å². The Labute approximate surface area is 243 Å². The molecule has 0 saturated carbocycles. The van der Waals surface area contributed by atoms with E-state index in [4.69, 9.17) is 28.6 Å². The smallest absolute Gasteiger partial charge is 0.462 e. The Morgan fingerprint density at radius 1 is 1.00 bits per heavy atom. The fourth-order valence-electron chi connectivity index (χ4n) is 4.13. The standard InChI is InChI=1S/C28H23ClF3N3O5S/c1-2-39-26(38)18-5-11-21(12-6-18)35-25(37)23(15-24(36)33-20-9-7-19(29)8-10-20)34(27(35)41)16-17-3-13-22(14-4-17)40-28(30,31)32/h3-14,23H,2,15-16H2,1H3,(H,33,36). The third kappa shape index (κ3) is 7.53. The van der Waals surface area contributed by atoms with Crippen LogP contribution in [0.3, 0.4) is 0 Å². The Morgan fingerprint density at radius 3 is 2.22 bits per heavy atom. The maximum Gasteiger partial charge on any atom is 0.573 e. The van der Waals surface area contributed by atoms with Crippen molar-refractivity contribution in [2.75, 3.05) is 16.8 Å². The van der Waals surface area contributed by atoms with Gasteiger partial charge in [-0.3, -0.25) is 14.5 Å². The molecule has 3 aromatic rings. The van der Waals surface area contributed by atoms with Gasteiger partial charge in [-0.1, -0.05) is 23.7 Å². The lowest BCUT2D eigenvalue weighted by Crippen LogP contribution is -2.37. The summed E-state index contributed by atoms with van der Waals surface area (Å²) in [5, 5.41) is 3.29. The van der Waals surface area contributed by atoms with Crippen molar-refractivity contribution in [2.45, 2.75) is 32.3 Å². The molecule has 0 aromatic heterocycles. The maximum absolute atomic E-state index is 13.6. The summed E-state index contributed by atoms with van der Waals surface area (Å²) < 4.78 is 46.6. The number of carbonyl (C=O) groups excluding carboxylic acids is 3. The van der Waals surface area contributed by atoms with Crippen LogP contribution in [0.4, 0.5) is 24.5 Å². The van der Waals surface area contributed by atoms with Gasteiger partial charge in [0.05, 0.1) is 24.3 Å². The Kier molecular flexibility index (Phi) is 9.14. The molecule has 1 aliphatic rings. The summed E-state index contributed by atoms with van der Waals surface area (Å²) in [6, 6.07) is 16.6. The predicted octanol–water partition coefficient (Wildman–Crippen LogP) is 5.95. The van der Waals surface area contributed by atoms with Crippen LogP contribution in [0.2, 0.25) is 5.02 Å². The molecule has 41 heavy (non-hydrogen) atoms. The van der Waals surface area contributed by atoms with Gasteiger partial charge in [-0.2, -0.15) is 0 Å². The lowest BCUT2D eigenvalue weighted by Gasteiger charge is -2.24. The Hall–Kier alpha value is -4.16. The SMILES string of the molecule is CCOC(=O)c1ccc(N2C(=O)C(CC(=O)Nc3ccc(Cl)cc3)N(Cc3ccc(OC(F)(F)F)cc3)C2=S)cc1. The number of anilines is 2. The summed E-state index contributed by atoms with van der Waals surface area (Å²) in [5.41, 5.74) is 1.65. The first kappa shape index (κ1) is 29.8. The van der Waals surface area contributed by atoms with E-state index in [1.807, 2.05) is 0 Å². The summed E-state index contributed by atoms with van der Waals surface area (Å²) in [7, 11) is 0. The van der Waals surface area contributed by atoms with Crippen molar-refractivity contribution in [1.29, 1.82) is 0 Å². The van der Waals surface area contributed by atoms with Gasteiger partial charge in [0.1, 0.15) is 11.8 Å². The van der Waals surface area contributed by atoms with E-state index in [0.29, 0.717) is 22.0 Å². The number of benzene rings is 3. The van der Waals surface area contributed by atoms with Crippen LogP contribution in [-0.2, 0) is 20.9 Å². The van der Waals surface area contributed by atoms with Gasteiger partial charge >= 0.3 is 12.3 Å². The lowest BCUT2D eigenvalue weighted by molar-refractivity contribution is -0.274. The highest BCUT2D eigenvalue weighted by Crippen LogP contribution is 2.30. The van der Waals surface area contributed by atoms with Gasteiger partial charge < -0.3 is 19.7 Å². The van der Waals surface area contributed by atoms with Crippen LogP contribution in [0.25, 0.3) is 0 Å². The molecule has 1 aliphatic heterocycles. The molecule has 0 bridgehead atoms. The van der Waals surface area contributed by atoms with Gasteiger partial charge in [-0.25, -0.2) is 4.79 Å². The maximum atomic E-state index is 13.6. The van der Waals surface area contributed by atoms with Crippen molar-refractivity contribution in [3.05, 3.63) is 88.9 Å². The average Bonchev–Trinajstić information content (AvgIpc) is 3.14. The van der Waals surface area contributed by atoms with Crippen molar-refractivity contribution >= 4 is 58.1 Å². The molecule has 8 nitrogen and oxygen atoms in total. The first-order valence-electron chi connectivity index (χ1n) is 12.3. The van der Waals surface area contributed by atoms with Gasteiger partial charge in [0.2, 0.25) is 5.91 Å². The summed E-state index contributed by atoms with van der Waals surface area (Å²) in [5.74, 6) is -1.87. The zero-order chi connectivity index (χ0) is 29.7. The minimum atomic E-state index is -4.84. The van der Waals surface area contributed by atoms with Crippen molar-refractivity contribution in [2.24, 2.45) is 0 Å². The number of halogens is 4. The number of amides is 2. The van der Waals surface area contributed by atoms with E-state index < -0.39 is 35.9 Å². The molecule has 2 amide bonds. The van der Waals surface area contributed by atoms with Gasteiger partial charge in [-0.15, -0.1) is 13.2 Å². The van der Waals surface area contributed by atoms with Crippen molar-refractivity contribution in [3.63, 3.8) is 0 Å². The number of hydrogen-bond donors (Lipinski definition) is 1. The number of rotatable bonds is 9. The molecule has 0 radical (unpaired) electrons. The van der Waals surface area contributed by atoms with Gasteiger partial charge in [0.25, 0.3) is 5.91 Å². The Morgan fingerprint density at radius 2 is 1.63 bits per heavy atom. The second-order valence-corrected chi connectivity index (χ2v) is 9.62. The summed E-state index contributed by atoms with van der Waals surface area (Å²) in [6.07, 6.45) is -5.11. The van der Waals surface area contributed by atoms with Gasteiger partial charge in [0, 0.05) is 17.3 Å². The Bertz CT molecular complexity index is 1430. The largest absolute Gasteiger partial charge is 0.573 e. The van der Waals surface area contributed by atoms with E-state index in [0.717, 1.165) is 12.1 Å². The molecule has 214 valence electrons. The number of nitrogens with zero attached hydrogens (tertiary/aromatic N) is 2. The normalized spacial score (nSPS) is 15.2. The topological polar surface area (TPSA) is 88.2 Å². The minimum Gasteiger partial charge on any atom is -0.462 e. The zero-order valence-corrected chi connectivity index (χ0v) is 23.1. The van der Waals surface area contributed by atoms with E-state index in [9.17, 15) is 27.6 Å². The third-order valence-electron chi connectivity index (χ3n) is 5.97. The number of esters is 1. The first-order chi connectivity index (χ1) is 19.4. The third-order valence-corrected chi connectivity index (χ3v) is 6.64. The molecule has 1 unspecified atom stereocenters. The number of nitrogens with one attached hydrogen (secondary N) is 1. The lowest BCUT2D eigenvalue weighted by atomic mass is 10.1. The molecule has 0 aliphatic carbocycles. The van der Waals surface area contributed by atoms with Crippen molar-refractivity contribution in [3.8, 4) is 5.75 Å². The molecule has 0 spiro atoms. The molecule has 13 heteroatoms. The second-order valence-electron chi connectivity index (χ2n) is 8.82. The highest BCUT2D eigenvalue weighted by molar-refractivity contribution is 7.80. The van der Waals surface area contributed by atoms with Crippen molar-refractivity contribution in [1.82, 2.24) is 4.90 Å². The summed E-state index contributed by atoms with van der Waals surface area (Å²) in [4.78, 5) is 41.4. The van der Waals surface area contributed by atoms with Crippen molar-refractivity contribution < 1.29 is 37.0 Å². The average molecular weight is 606 g/mol. The molecule has 1 heterocycles. The van der Waals surface area contributed by atoms with Crippen LogP contribution in [-0.4, -0.2) is 46.8 Å². The number of ether oxygens (including phenoxy) is 2. The monoisotopic (exact) mass is 605 g/mol.